The third-order valence-electron chi connectivity index (χ3n) is 4.18. The topological polar surface area (TPSA) is 79.8 Å². The van der Waals surface area contributed by atoms with Gasteiger partial charge in [0.05, 0.1) is 20.5 Å². The number of para-hydroxylation sites is 1. The van der Waals surface area contributed by atoms with Crippen LogP contribution in [0.1, 0.15) is 17.5 Å². The summed E-state index contributed by atoms with van der Waals surface area (Å²) in [5.41, 5.74) is 2.99. The second kappa shape index (κ2) is 8.89. The number of anilines is 2. The van der Waals surface area contributed by atoms with Gasteiger partial charge < -0.3 is 10.6 Å². The summed E-state index contributed by atoms with van der Waals surface area (Å²) in [7, 11) is 1.80. The van der Waals surface area contributed by atoms with Crippen molar-refractivity contribution in [3.8, 4) is 0 Å². The lowest BCUT2D eigenvalue weighted by Gasteiger charge is -2.10. The molecule has 2 aromatic carbocycles. The molecule has 4 rings (SSSR count). The molecule has 0 fully saturated rings. The number of thiazole rings is 1. The SMILES string of the molecule is CNc1nnc(S[C@H](C)C(=O)Nc2ccc(Cc3nc4ccccc4s3)cc2)s1. The molecular weight excluding hydrogens is 422 g/mol. The molecule has 0 bridgehead atoms. The summed E-state index contributed by atoms with van der Waals surface area (Å²) in [4.78, 5) is 17.2. The van der Waals surface area contributed by atoms with Gasteiger partial charge in [-0.15, -0.1) is 21.5 Å². The largest absolute Gasteiger partial charge is 0.363 e. The fraction of sp³-hybridized carbons (Fsp3) is 0.200. The number of nitrogens with one attached hydrogen (secondary N) is 2. The van der Waals surface area contributed by atoms with Gasteiger partial charge in [-0.25, -0.2) is 4.98 Å². The average molecular weight is 442 g/mol. The Bertz CT molecular complexity index is 1090. The molecule has 0 spiro atoms. The number of fused-ring (bicyclic) bond motifs is 1. The van der Waals surface area contributed by atoms with E-state index in [1.165, 1.54) is 27.8 Å². The van der Waals surface area contributed by atoms with Gasteiger partial charge in [-0.1, -0.05) is 47.4 Å². The first-order valence-corrected chi connectivity index (χ1v) is 11.5. The number of carbonyl (C=O) groups is 1. The van der Waals surface area contributed by atoms with Gasteiger partial charge in [0.1, 0.15) is 0 Å². The molecule has 2 aromatic heterocycles. The number of amides is 1. The Morgan fingerprint density at radius 1 is 1.10 bits per heavy atom. The minimum absolute atomic E-state index is 0.0601. The Labute approximate surface area is 180 Å². The normalized spacial score (nSPS) is 12.1. The van der Waals surface area contributed by atoms with Crippen LogP contribution in [-0.2, 0) is 11.2 Å². The predicted molar refractivity (Wildman–Crippen MR) is 122 cm³/mol. The number of aromatic nitrogens is 3. The third kappa shape index (κ3) is 4.92. The summed E-state index contributed by atoms with van der Waals surface area (Å²) in [5.74, 6) is -0.0601. The van der Waals surface area contributed by atoms with Crippen LogP contribution in [0.3, 0.4) is 0 Å². The molecule has 0 unspecified atom stereocenters. The van der Waals surface area contributed by atoms with E-state index in [2.05, 4.69) is 31.9 Å². The molecule has 29 heavy (non-hydrogen) atoms. The predicted octanol–water partition coefficient (Wildman–Crippen LogP) is 4.90. The molecule has 0 aliphatic rings. The molecule has 2 N–H and O–H groups in total. The number of nitrogens with zero attached hydrogens (tertiary/aromatic N) is 3. The van der Waals surface area contributed by atoms with Crippen molar-refractivity contribution in [1.29, 1.82) is 0 Å². The highest BCUT2D eigenvalue weighted by Crippen LogP contribution is 2.29. The van der Waals surface area contributed by atoms with E-state index < -0.39 is 0 Å². The van der Waals surface area contributed by atoms with E-state index >= 15 is 0 Å². The lowest BCUT2D eigenvalue weighted by Crippen LogP contribution is -2.22. The zero-order chi connectivity index (χ0) is 20.2. The Morgan fingerprint density at radius 2 is 1.90 bits per heavy atom. The summed E-state index contributed by atoms with van der Waals surface area (Å²) < 4.78 is 1.97. The van der Waals surface area contributed by atoms with Crippen molar-refractivity contribution < 1.29 is 4.79 Å². The fourth-order valence-corrected chi connectivity index (χ4v) is 5.53. The van der Waals surface area contributed by atoms with Crippen LogP contribution in [0, 0.1) is 0 Å². The smallest absolute Gasteiger partial charge is 0.237 e. The van der Waals surface area contributed by atoms with E-state index in [0.717, 1.165) is 37.7 Å². The minimum atomic E-state index is -0.268. The van der Waals surface area contributed by atoms with Gasteiger partial charge in [-0.3, -0.25) is 4.79 Å². The summed E-state index contributed by atoms with van der Waals surface area (Å²) in [6.45, 7) is 1.86. The van der Waals surface area contributed by atoms with Gasteiger partial charge in [0.15, 0.2) is 4.34 Å². The number of benzene rings is 2. The second-order valence-electron chi connectivity index (χ2n) is 6.32. The Kier molecular flexibility index (Phi) is 6.08. The highest BCUT2D eigenvalue weighted by atomic mass is 32.2. The molecule has 0 aliphatic carbocycles. The summed E-state index contributed by atoms with van der Waals surface area (Å²) >= 11 is 4.55. The highest BCUT2D eigenvalue weighted by molar-refractivity contribution is 8.02. The van der Waals surface area contributed by atoms with Crippen LogP contribution in [0.4, 0.5) is 10.8 Å². The molecule has 0 saturated carbocycles. The van der Waals surface area contributed by atoms with Gasteiger partial charge in [0.25, 0.3) is 0 Å². The van der Waals surface area contributed by atoms with Crippen molar-refractivity contribution in [1.82, 2.24) is 15.2 Å². The lowest BCUT2D eigenvalue weighted by atomic mass is 10.1. The molecule has 9 heteroatoms. The summed E-state index contributed by atoms with van der Waals surface area (Å²) in [6, 6.07) is 16.1. The molecule has 0 radical (unpaired) electrons. The Balaban J connectivity index is 1.35. The van der Waals surface area contributed by atoms with Gasteiger partial charge in [0.2, 0.25) is 11.0 Å². The molecular formula is C20H19N5OS3. The fourth-order valence-electron chi connectivity index (χ4n) is 2.68. The van der Waals surface area contributed by atoms with Gasteiger partial charge >= 0.3 is 0 Å². The van der Waals surface area contributed by atoms with E-state index in [1.54, 1.807) is 18.4 Å². The number of thioether (sulfide) groups is 1. The molecule has 1 atom stereocenters. The van der Waals surface area contributed by atoms with Crippen LogP contribution >= 0.6 is 34.4 Å². The summed E-state index contributed by atoms with van der Waals surface area (Å²) in [5, 5.41) is 15.5. The maximum Gasteiger partial charge on any atom is 0.237 e. The van der Waals surface area contributed by atoms with Gasteiger partial charge in [0, 0.05) is 19.2 Å². The van der Waals surface area contributed by atoms with Crippen molar-refractivity contribution in [2.45, 2.75) is 22.9 Å². The van der Waals surface area contributed by atoms with Gasteiger partial charge in [-0.2, -0.15) is 0 Å². The van der Waals surface area contributed by atoms with Crippen LogP contribution in [0.25, 0.3) is 10.2 Å². The minimum Gasteiger partial charge on any atom is -0.363 e. The zero-order valence-corrected chi connectivity index (χ0v) is 18.3. The molecule has 1 amide bonds. The lowest BCUT2D eigenvalue weighted by molar-refractivity contribution is -0.115. The molecule has 0 aliphatic heterocycles. The summed E-state index contributed by atoms with van der Waals surface area (Å²) in [6.07, 6.45) is 0.782. The third-order valence-corrected chi connectivity index (χ3v) is 7.34. The number of rotatable bonds is 7. The number of hydrogen-bond donors (Lipinski definition) is 2. The van der Waals surface area contributed by atoms with Crippen LogP contribution in [-0.4, -0.2) is 33.4 Å². The highest BCUT2D eigenvalue weighted by Gasteiger charge is 2.17. The van der Waals surface area contributed by atoms with Gasteiger partial charge in [-0.05, 0) is 36.8 Å². The number of carbonyl (C=O) groups excluding carboxylic acids is 1. The van der Waals surface area contributed by atoms with Crippen LogP contribution < -0.4 is 10.6 Å². The maximum absolute atomic E-state index is 12.5. The van der Waals surface area contributed by atoms with Crippen molar-refractivity contribution in [2.24, 2.45) is 0 Å². The molecule has 4 aromatic rings. The van der Waals surface area contributed by atoms with E-state index in [9.17, 15) is 4.79 Å². The van der Waals surface area contributed by atoms with E-state index in [0.29, 0.717) is 0 Å². The maximum atomic E-state index is 12.5. The first-order valence-electron chi connectivity index (χ1n) is 9.03. The van der Waals surface area contributed by atoms with E-state index in [-0.39, 0.29) is 11.2 Å². The first kappa shape index (κ1) is 19.8. The van der Waals surface area contributed by atoms with Crippen LogP contribution in [0.5, 0.6) is 0 Å². The van der Waals surface area contributed by atoms with Crippen LogP contribution in [0.2, 0.25) is 0 Å². The van der Waals surface area contributed by atoms with Crippen molar-refractivity contribution in [2.75, 3.05) is 17.7 Å². The molecule has 6 nitrogen and oxygen atoms in total. The Hall–Kier alpha value is -2.49. The average Bonchev–Trinajstić information content (AvgIpc) is 3.35. The van der Waals surface area contributed by atoms with E-state index in [4.69, 9.17) is 0 Å². The quantitative estimate of drug-likeness (QED) is 0.397. The molecule has 0 saturated heterocycles. The van der Waals surface area contributed by atoms with Crippen LogP contribution in [0.15, 0.2) is 52.9 Å². The number of hydrogen-bond acceptors (Lipinski definition) is 8. The zero-order valence-electron chi connectivity index (χ0n) is 15.9. The first-order chi connectivity index (χ1) is 14.1. The molecule has 2 heterocycles. The van der Waals surface area contributed by atoms with Crippen molar-refractivity contribution in [3.05, 3.63) is 59.1 Å². The molecule has 148 valence electrons. The Morgan fingerprint density at radius 3 is 2.62 bits per heavy atom. The van der Waals surface area contributed by atoms with Crippen molar-refractivity contribution in [3.63, 3.8) is 0 Å². The monoisotopic (exact) mass is 441 g/mol. The van der Waals surface area contributed by atoms with E-state index in [1.807, 2.05) is 49.4 Å². The second-order valence-corrected chi connectivity index (χ2v) is 10.0. The van der Waals surface area contributed by atoms with Crippen molar-refractivity contribution >= 4 is 61.4 Å². The standard InChI is InChI=1S/C20H19N5OS3/c1-12(27-20-25-24-19(21-2)29-20)18(26)22-14-9-7-13(8-10-14)11-17-23-15-5-3-4-6-16(15)28-17/h3-10,12H,11H2,1-2H3,(H,21,24)(H,22,26)/t12-/m1/s1.